The Kier molecular flexibility index (Phi) is 9.09. The highest BCUT2D eigenvalue weighted by atomic mass is 32.2. The lowest BCUT2D eigenvalue weighted by Crippen LogP contribution is -2.52. The number of sulfonamides is 1. The minimum atomic E-state index is -3.87. The fourth-order valence-corrected chi connectivity index (χ4v) is 6.07. The van der Waals surface area contributed by atoms with E-state index in [4.69, 9.17) is 0 Å². The van der Waals surface area contributed by atoms with Crippen molar-refractivity contribution < 1.29 is 37.4 Å². The third-order valence-electron chi connectivity index (χ3n) is 7.45. The van der Waals surface area contributed by atoms with Crippen LogP contribution in [0.2, 0.25) is 0 Å². The zero-order chi connectivity index (χ0) is 31.4. The standard InChI is InChI=1S/C31H32N4O8S/c1-19-6-11-24(12-7-19)44(41,42)32-16-20-8-13-25(34-29(38)23-10-9-21-4-2-3-5-22(21)14-23)30(39)35(17-20)18-27(36)33-26-15-28(37)43-31(26)40/h2-12,14,25-26,31-32,40H,13,15-18H2,1H3,(H,33,36)(H,34,38). The molecule has 3 aromatic carbocycles. The highest BCUT2D eigenvalue weighted by Gasteiger charge is 2.36. The first kappa shape index (κ1) is 30.9. The van der Waals surface area contributed by atoms with Gasteiger partial charge in [-0.3, -0.25) is 19.2 Å². The van der Waals surface area contributed by atoms with Gasteiger partial charge in [-0.05, 0) is 54.0 Å². The number of aryl methyl sites for hydroxylation is 1. The fourth-order valence-electron chi connectivity index (χ4n) is 5.03. The molecule has 230 valence electrons. The molecule has 1 fully saturated rings. The number of amides is 3. The summed E-state index contributed by atoms with van der Waals surface area (Å²) in [6.45, 7) is 1.13. The molecule has 3 amide bonds. The minimum Gasteiger partial charge on any atom is -0.434 e. The number of aliphatic hydroxyl groups is 1. The Morgan fingerprint density at radius 3 is 2.43 bits per heavy atom. The van der Waals surface area contributed by atoms with E-state index in [-0.39, 0.29) is 30.8 Å². The van der Waals surface area contributed by atoms with Gasteiger partial charge in [-0.15, -0.1) is 0 Å². The molecule has 0 saturated carbocycles. The van der Waals surface area contributed by atoms with Crippen molar-refractivity contribution in [2.24, 2.45) is 0 Å². The molecule has 3 unspecified atom stereocenters. The molecule has 3 atom stereocenters. The van der Waals surface area contributed by atoms with Crippen molar-refractivity contribution in [2.45, 2.75) is 43.0 Å². The number of nitrogens with zero attached hydrogens (tertiary/aromatic N) is 1. The first-order valence-electron chi connectivity index (χ1n) is 14.0. The quantitative estimate of drug-likeness (QED) is 0.204. The van der Waals surface area contributed by atoms with Crippen LogP contribution in [0.4, 0.5) is 0 Å². The molecule has 44 heavy (non-hydrogen) atoms. The second kappa shape index (κ2) is 13.0. The topological polar surface area (TPSA) is 171 Å². The summed E-state index contributed by atoms with van der Waals surface area (Å²) in [4.78, 5) is 52.5. The molecule has 0 aromatic heterocycles. The average molecular weight is 621 g/mol. The van der Waals surface area contributed by atoms with Gasteiger partial charge in [0.05, 0.1) is 17.9 Å². The van der Waals surface area contributed by atoms with Crippen molar-refractivity contribution in [3.8, 4) is 0 Å². The molecule has 0 aliphatic carbocycles. The Bertz CT molecular complexity index is 1740. The van der Waals surface area contributed by atoms with Crippen LogP contribution in [-0.2, 0) is 29.1 Å². The van der Waals surface area contributed by atoms with E-state index in [1.54, 1.807) is 36.4 Å². The maximum atomic E-state index is 13.6. The highest BCUT2D eigenvalue weighted by molar-refractivity contribution is 7.89. The van der Waals surface area contributed by atoms with Gasteiger partial charge >= 0.3 is 5.97 Å². The number of cyclic esters (lactones) is 1. The smallest absolute Gasteiger partial charge is 0.310 e. The van der Waals surface area contributed by atoms with Crippen LogP contribution in [-0.4, -0.2) is 80.1 Å². The van der Waals surface area contributed by atoms with Crippen molar-refractivity contribution in [1.29, 1.82) is 0 Å². The van der Waals surface area contributed by atoms with Crippen LogP contribution in [0.5, 0.6) is 0 Å². The summed E-state index contributed by atoms with van der Waals surface area (Å²) >= 11 is 0. The third-order valence-corrected chi connectivity index (χ3v) is 8.86. The SMILES string of the molecule is Cc1ccc(S(=O)(=O)NCC2=CCC(NC(=O)c3ccc4ccccc4c3)C(=O)N(CC(=O)NC3CC(=O)OC3O)C2)cc1. The largest absolute Gasteiger partial charge is 0.434 e. The fraction of sp³-hybridized carbons (Fsp3) is 0.290. The van der Waals surface area contributed by atoms with Crippen molar-refractivity contribution in [2.75, 3.05) is 19.6 Å². The zero-order valence-electron chi connectivity index (χ0n) is 23.9. The van der Waals surface area contributed by atoms with Gasteiger partial charge in [-0.1, -0.05) is 54.1 Å². The lowest BCUT2D eigenvalue weighted by atomic mass is 10.1. The number of aliphatic hydroxyl groups excluding tert-OH is 1. The first-order chi connectivity index (χ1) is 21.0. The monoisotopic (exact) mass is 620 g/mol. The molecule has 4 N–H and O–H groups in total. The molecular formula is C31H32N4O8S. The number of carbonyl (C=O) groups is 4. The summed E-state index contributed by atoms with van der Waals surface area (Å²) in [6, 6.07) is 17.0. The maximum Gasteiger partial charge on any atom is 0.310 e. The van der Waals surface area contributed by atoms with Gasteiger partial charge in [0.25, 0.3) is 5.91 Å². The van der Waals surface area contributed by atoms with E-state index in [0.29, 0.717) is 11.1 Å². The van der Waals surface area contributed by atoms with Crippen LogP contribution in [0.15, 0.2) is 83.3 Å². The van der Waals surface area contributed by atoms with Crippen LogP contribution in [0.1, 0.15) is 28.8 Å². The van der Waals surface area contributed by atoms with E-state index in [1.807, 2.05) is 31.2 Å². The second-order valence-corrected chi connectivity index (χ2v) is 12.5. The number of carbonyl (C=O) groups excluding carboxylic acids is 4. The van der Waals surface area contributed by atoms with E-state index in [2.05, 4.69) is 20.1 Å². The number of ether oxygens (including phenoxy) is 1. The first-order valence-corrected chi connectivity index (χ1v) is 15.5. The summed E-state index contributed by atoms with van der Waals surface area (Å²) in [5, 5.41) is 16.9. The van der Waals surface area contributed by atoms with Crippen LogP contribution in [0, 0.1) is 6.92 Å². The molecule has 1 saturated heterocycles. The Balaban J connectivity index is 1.33. The molecule has 2 aliphatic heterocycles. The van der Waals surface area contributed by atoms with Gasteiger partial charge < -0.3 is 25.4 Å². The molecule has 5 rings (SSSR count). The van der Waals surface area contributed by atoms with Gasteiger partial charge in [-0.2, -0.15) is 0 Å². The molecular weight excluding hydrogens is 588 g/mol. The summed E-state index contributed by atoms with van der Waals surface area (Å²) in [5.74, 6) is -2.38. The summed E-state index contributed by atoms with van der Waals surface area (Å²) in [5.41, 5.74) is 1.75. The van der Waals surface area contributed by atoms with Crippen molar-refractivity contribution >= 4 is 44.5 Å². The number of hydrogen-bond donors (Lipinski definition) is 4. The van der Waals surface area contributed by atoms with Crippen LogP contribution >= 0.6 is 0 Å². The maximum absolute atomic E-state index is 13.6. The minimum absolute atomic E-state index is 0.0571. The number of fused-ring (bicyclic) bond motifs is 1. The van der Waals surface area contributed by atoms with Crippen molar-refractivity contribution in [1.82, 2.24) is 20.3 Å². The van der Waals surface area contributed by atoms with Crippen molar-refractivity contribution in [3.05, 3.63) is 89.5 Å². The lowest BCUT2D eigenvalue weighted by molar-refractivity contribution is -0.155. The average Bonchev–Trinajstić information content (AvgIpc) is 3.24. The molecule has 2 aliphatic rings. The second-order valence-electron chi connectivity index (χ2n) is 10.8. The Hall–Kier alpha value is -4.59. The van der Waals surface area contributed by atoms with Crippen LogP contribution < -0.4 is 15.4 Å². The summed E-state index contributed by atoms with van der Waals surface area (Å²) in [7, 11) is -3.87. The van der Waals surface area contributed by atoms with Gasteiger partial charge in [0.1, 0.15) is 12.1 Å². The number of benzene rings is 3. The Morgan fingerprint density at radius 1 is 1.00 bits per heavy atom. The lowest BCUT2D eigenvalue weighted by Gasteiger charge is -2.26. The summed E-state index contributed by atoms with van der Waals surface area (Å²) in [6.07, 6.45) is -0.00271. The normalized spacial score (nSPS) is 20.5. The van der Waals surface area contributed by atoms with Crippen LogP contribution in [0.25, 0.3) is 10.8 Å². The van der Waals surface area contributed by atoms with E-state index < -0.39 is 58.6 Å². The summed E-state index contributed by atoms with van der Waals surface area (Å²) < 4.78 is 33.0. The van der Waals surface area contributed by atoms with Crippen molar-refractivity contribution in [3.63, 3.8) is 0 Å². The number of nitrogens with one attached hydrogen (secondary N) is 3. The van der Waals surface area contributed by atoms with E-state index in [9.17, 15) is 32.7 Å². The molecule has 3 aromatic rings. The number of esters is 1. The van der Waals surface area contributed by atoms with Crippen LogP contribution in [0.3, 0.4) is 0 Å². The molecule has 0 spiro atoms. The number of hydrogen-bond acceptors (Lipinski definition) is 8. The molecule has 0 bridgehead atoms. The van der Waals surface area contributed by atoms with E-state index >= 15 is 0 Å². The van der Waals surface area contributed by atoms with E-state index in [1.165, 1.54) is 17.0 Å². The van der Waals surface area contributed by atoms with Gasteiger partial charge in [0.2, 0.25) is 28.1 Å². The molecule has 2 heterocycles. The Morgan fingerprint density at radius 2 is 1.73 bits per heavy atom. The van der Waals surface area contributed by atoms with E-state index in [0.717, 1.165) is 16.3 Å². The predicted octanol–water partition coefficient (Wildman–Crippen LogP) is 1.13. The van der Waals surface area contributed by atoms with Gasteiger partial charge in [-0.25, -0.2) is 13.1 Å². The highest BCUT2D eigenvalue weighted by Crippen LogP contribution is 2.18. The third kappa shape index (κ3) is 7.30. The zero-order valence-corrected chi connectivity index (χ0v) is 24.7. The Labute approximate surface area is 254 Å². The molecule has 12 nitrogen and oxygen atoms in total. The molecule has 13 heteroatoms. The van der Waals surface area contributed by atoms with Gasteiger partial charge in [0, 0.05) is 18.7 Å². The number of rotatable bonds is 9. The molecule has 0 radical (unpaired) electrons. The predicted molar refractivity (Wildman–Crippen MR) is 159 cm³/mol. The van der Waals surface area contributed by atoms with Gasteiger partial charge in [0.15, 0.2) is 0 Å².